The average molecular weight is 475 g/mol. The quantitative estimate of drug-likeness (QED) is 0.375. The summed E-state index contributed by atoms with van der Waals surface area (Å²) in [4.78, 5) is 0.221. The standard InChI is InChI=1S/C26H26N4O3S/c1-32-19-23-18-30-25(33-23)24(17-28-30)34(27,31)29-26(20-11-5-2-6-12-20,21-13-7-3-8-14-21)22-15-9-4-10-16-22/h2-17,23H,18-19H2,1H3,(H2,27,29,31). The van der Waals surface area contributed by atoms with Gasteiger partial charge in [0.25, 0.3) is 0 Å². The second-order valence-electron chi connectivity index (χ2n) is 8.20. The van der Waals surface area contributed by atoms with Crippen molar-refractivity contribution in [1.82, 2.24) is 14.5 Å². The van der Waals surface area contributed by atoms with Crippen LogP contribution in [0.15, 0.2) is 102 Å². The molecule has 2 N–H and O–H groups in total. The summed E-state index contributed by atoms with van der Waals surface area (Å²) < 4.78 is 39.4. The fraction of sp³-hybridized carbons (Fsp3) is 0.192. The zero-order valence-corrected chi connectivity index (χ0v) is 19.6. The largest absolute Gasteiger partial charge is 0.469 e. The Balaban J connectivity index is 1.68. The van der Waals surface area contributed by atoms with Crippen LogP contribution in [-0.2, 0) is 26.7 Å². The molecule has 2 unspecified atom stereocenters. The van der Waals surface area contributed by atoms with E-state index in [4.69, 9.17) is 14.3 Å². The highest BCUT2D eigenvalue weighted by Crippen LogP contribution is 2.40. The van der Waals surface area contributed by atoms with Gasteiger partial charge in [-0.1, -0.05) is 91.0 Å². The second-order valence-corrected chi connectivity index (χ2v) is 9.95. The molecular formula is C26H26N4O3S. The van der Waals surface area contributed by atoms with E-state index in [9.17, 15) is 4.21 Å². The van der Waals surface area contributed by atoms with Gasteiger partial charge in [0.05, 0.1) is 19.3 Å². The van der Waals surface area contributed by atoms with E-state index in [0.717, 1.165) is 16.7 Å². The summed E-state index contributed by atoms with van der Waals surface area (Å²) >= 11 is 0. The molecule has 34 heavy (non-hydrogen) atoms. The SMILES string of the molecule is COCC1Cn2ncc(S(=N)(=O)NC(c3ccccc3)(c3ccccc3)c3ccccc3)c2O1. The van der Waals surface area contributed by atoms with Gasteiger partial charge in [0.2, 0.25) is 5.88 Å². The van der Waals surface area contributed by atoms with E-state index in [1.54, 1.807) is 11.8 Å². The predicted molar refractivity (Wildman–Crippen MR) is 130 cm³/mol. The molecule has 3 aromatic carbocycles. The maximum Gasteiger partial charge on any atom is 0.231 e. The van der Waals surface area contributed by atoms with Gasteiger partial charge >= 0.3 is 0 Å². The van der Waals surface area contributed by atoms with E-state index in [1.807, 2.05) is 91.0 Å². The van der Waals surface area contributed by atoms with Gasteiger partial charge in [0, 0.05) is 7.11 Å². The summed E-state index contributed by atoms with van der Waals surface area (Å²) in [6.45, 7) is 0.872. The molecule has 0 saturated heterocycles. The number of nitrogens with one attached hydrogen (secondary N) is 2. The lowest BCUT2D eigenvalue weighted by Crippen LogP contribution is -2.47. The highest BCUT2D eigenvalue weighted by molar-refractivity contribution is 7.90. The lowest BCUT2D eigenvalue weighted by Gasteiger charge is -2.37. The zero-order valence-electron chi connectivity index (χ0n) is 18.8. The molecule has 1 aromatic heterocycles. The smallest absolute Gasteiger partial charge is 0.231 e. The third kappa shape index (κ3) is 3.90. The first kappa shape index (κ1) is 22.3. The number of fused-ring (bicyclic) bond motifs is 1. The van der Waals surface area contributed by atoms with Crippen LogP contribution in [0.3, 0.4) is 0 Å². The van der Waals surface area contributed by atoms with Crippen molar-refractivity contribution in [2.75, 3.05) is 13.7 Å². The average Bonchev–Trinajstić information content (AvgIpc) is 3.45. The zero-order chi connectivity index (χ0) is 23.6. The van der Waals surface area contributed by atoms with Gasteiger partial charge < -0.3 is 9.47 Å². The molecule has 0 fully saturated rings. The summed E-state index contributed by atoms with van der Waals surface area (Å²) in [6, 6.07) is 29.4. The maximum absolute atomic E-state index is 14.2. The van der Waals surface area contributed by atoms with E-state index >= 15 is 0 Å². The van der Waals surface area contributed by atoms with Gasteiger partial charge in [-0.15, -0.1) is 0 Å². The van der Waals surface area contributed by atoms with Crippen LogP contribution >= 0.6 is 0 Å². The van der Waals surface area contributed by atoms with Gasteiger partial charge in [-0.05, 0) is 16.7 Å². The minimum absolute atomic E-state index is 0.221. The number of methoxy groups -OCH3 is 1. The normalized spacial score (nSPS) is 17.0. The molecule has 4 aromatic rings. The molecule has 2 heterocycles. The topological polar surface area (TPSA) is 89.2 Å². The molecule has 0 amide bonds. The predicted octanol–water partition coefficient (Wildman–Crippen LogP) is 4.19. The van der Waals surface area contributed by atoms with Crippen molar-refractivity contribution in [3.05, 3.63) is 114 Å². The summed E-state index contributed by atoms with van der Waals surface area (Å²) in [7, 11) is -1.98. The summed E-state index contributed by atoms with van der Waals surface area (Å²) in [6.07, 6.45) is 1.23. The van der Waals surface area contributed by atoms with Crippen LogP contribution < -0.4 is 9.46 Å². The Labute approximate surface area is 199 Å². The number of benzene rings is 3. The van der Waals surface area contributed by atoms with Gasteiger partial charge in [-0.2, -0.15) is 5.10 Å². The van der Waals surface area contributed by atoms with E-state index in [1.165, 1.54) is 6.20 Å². The third-order valence-corrected chi connectivity index (χ3v) is 7.49. The summed E-state index contributed by atoms with van der Waals surface area (Å²) in [5, 5.41) is 4.34. The molecule has 0 spiro atoms. The monoisotopic (exact) mass is 474 g/mol. The Morgan fingerprint density at radius 3 is 1.97 bits per heavy atom. The van der Waals surface area contributed by atoms with Crippen LogP contribution in [0.1, 0.15) is 16.7 Å². The summed E-state index contributed by atoms with van der Waals surface area (Å²) in [5.41, 5.74) is 1.56. The Kier molecular flexibility index (Phi) is 5.95. The molecule has 2 atom stereocenters. The van der Waals surface area contributed by atoms with Crippen molar-refractivity contribution in [2.45, 2.75) is 23.1 Å². The van der Waals surface area contributed by atoms with Crippen LogP contribution in [0, 0.1) is 4.78 Å². The van der Waals surface area contributed by atoms with Crippen molar-refractivity contribution < 1.29 is 13.7 Å². The van der Waals surface area contributed by atoms with Crippen LogP contribution in [0.2, 0.25) is 0 Å². The van der Waals surface area contributed by atoms with Crippen molar-refractivity contribution in [3.63, 3.8) is 0 Å². The molecule has 0 saturated carbocycles. The van der Waals surface area contributed by atoms with Crippen molar-refractivity contribution in [2.24, 2.45) is 0 Å². The van der Waals surface area contributed by atoms with Gasteiger partial charge in [-0.25, -0.2) is 18.4 Å². The molecule has 1 aliphatic heterocycles. The first-order valence-corrected chi connectivity index (χ1v) is 12.6. The number of ether oxygens (including phenoxy) is 2. The molecular weight excluding hydrogens is 448 g/mol. The molecule has 8 heteroatoms. The van der Waals surface area contributed by atoms with Gasteiger partial charge in [-0.3, -0.25) is 0 Å². The molecule has 7 nitrogen and oxygen atoms in total. The minimum atomic E-state index is -3.58. The third-order valence-electron chi connectivity index (χ3n) is 5.99. The number of hydrogen-bond donors (Lipinski definition) is 2. The Morgan fingerprint density at radius 2 is 1.50 bits per heavy atom. The Hall–Kier alpha value is -3.46. The van der Waals surface area contributed by atoms with Crippen LogP contribution in [0.4, 0.5) is 0 Å². The molecule has 174 valence electrons. The lowest BCUT2D eigenvalue weighted by molar-refractivity contribution is 0.0920. The fourth-order valence-electron chi connectivity index (χ4n) is 4.48. The van der Waals surface area contributed by atoms with Crippen molar-refractivity contribution in [1.29, 1.82) is 4.78 Å². The number of rotatable bonds is 8. The van der Waals surface area contributed by atoms with E-state index in [-0.39, 0.29) is 11.0 Å². The number of aromatic nitrogens is 2. The first-order chi connectivity index (χ1) is 16.5. The lowest BCUT2D eigenvalue weighted by atomic mass is 9.78. The molecule has 5 rings (SSSR count). The number of nitrogens with zero attached hydrogens (tertiary/aromatic N) is 2. The van der Waals surface area contributed by atoms with Crippen molar-refractivity contribution in [3.8, 4) is 5.88 Å². The highest BCUT2D eigenvalue weighted by Gasteiger charge is 2.41. The van der Waals surface area contributed by atoms with Crippen LogP contribution in [0.5, 0.6) is 5.88 Å². The minimum Gasteiger partial charge on any atom is -0.469 e. The van der Waals surface area contributed by atoms with Crippen LogP contribution in [-0.4, -0.2) is 33.8 Å². The Bertz CT molecular complexity index is 1260. The Morgan fingerprint density at radius 1 is 1.00 bits per heavy atom. The summed E-state index contributed by atoms with van der Waals surface area (Å²) in [5.74, 6) is 0.345. The molecule has 0 bridgehead atoms. The second kappa shape index (κ2) is 9.06. The van der Waals surface area contributed by atoms with Crippen LogP contribution in [0.25, 0.3) is 0 Å². The number of hydrogen-bond acceptors (Lipinski definition) is 5. The maximum atomic E-state index is 14.2. The van der Waals surface area contributed by atoms with Gasteiger partial charge in [0.15, 0.2) is 0 Å². The molecule has 0 radical (unpaired) electrons. The van der Waals surface area contributed by atoms with E-state index < -0.39 is 15.5 Å². The fourth-order valence-corrected chi connectivity index (χ4v) is 5.97. The highest BCUT2D eigenvalue weighted by atomic mass is 32.2. The van der Waals surface area contributed by atoms with E-state index in [0.29, 0.717) is 19.0 Å². The molecule has 1 aliphatic rings. The van der Waals surface area contributed by atoms with E-state index in [2.05, 4.69) is 9.82 Å². The first-order valence-electron chi connectivity index (χ1n) is 11.0. The van der Waals surface area contributed by atoms with Gasteiger partial charge in [0.1, 0.15) is 26.5 Å². The van der Waals surface area contributed by atoms with Crippen molar-refractivity contribution >= 4 is 9.92 Å². The molecule has 0 aliphatic carbocycles.